The van der Waals surface area contributed by atoms with Crippen LogP contribution in [0.3, 0.4) is 0 Å². The largest absolute Gasteiger partial charge is 0.468 e. The van der Waals surface area contributed by atoms with Gasteiger partial charge in [-0.15, -0.1) is 0 Å². The Hall–Kier alpha value is -3.94. The summed E-state index contributed by atoms with van der Waals surface area (Å²) in [5.74, 6) is -4.60. The Labute approximate surface area is 173 Å². The van der Waals surface area contributed by atoms with Crippen LogP contribution in [0, 0.1) is 5.41 Å². The van der Waals surface area contributed by atoms with Crippen LogP contribution in [0.2, 0.25) is 0 Å². The minimum Gasteiger partial charge on any atom is -0.468 e. The zero-order chi connectivity index (χ0) is 22.1. The zero-order valence-electron chi connectivity index (χ0n) is 16.5. The standard InChI is InChI=1S/C22H20O8/c1-15(18(23)27-2)14-22(19(24)28-3,20(25)29-16-10-6-4-7-11-16)21(26)30-17-12-8-5-9-13-17/h4-13H,1,14H2,2-3H3. The third-order valence-corrected chi connectivity index (χ3v) is 4.09. The molecule has 8 nitrogen and oxygen atoms in total. The van der Waals surface area contributed by atoms with Gasteiger partial charge in [0.15, 0.2) is 0 Å². The first-order chi connectivity index (χ1) is 14.3. The minimum absolute atomic E-state index is 0.0759. The molecule has 0 spiro atoms. The van der Waals surface area contributed by atoms with Crippen LogP contribution in [-0.4, -0.2) is 38.1 Å². The first-order valence-electron chi connectivity index (χ1n) is 8.74. The van der Waals surface area contributed by atoms with Crippen molar-refractivity contribution in [3.05, 3.63) is 72.8 Å². The quantitative estimate of drug-likeness (QED) is 0.282. The Bertz CT molecular complexity index is 881. The highest BCUT2D eigenvalue weighted by Crippen LogP contribution is 2.33. The van der Waals surface area contributed by atoms with Gasteiger partial charge in [-0.05, 0) is 24.3 Å². The summed E-state index contributed by atoms with van der Waals surface area (Å²) in [7, 11) is 2.08. The fourth-order valence-corrected chi connectivity index (χ4v) is 2.54. The van der Waals surface area contributed by atoms with E-state index >= 15 is 0 Å². The second-order valence-electron chi connectivity index (χ2n) is 6.07. The molecule has 0 bridgehead atoms. The average molecular weight is 412 g/mol. The number of carbonyl (C=O) groups excluding carboxylic acids is 4. The van der Waals surface area contributed by atoms with Gasteiger partial charge in [0.1, 0.15) is 11.5 Å². The summed E-state index contributed by atoms with van der Waals surface area (Å²) in [6.45, 7) is 3.51. The summed E-state index contributed by atoms with van der Waals surface area (Å²) in [4.78, 5) is 50.8. The van der Waals surface area contributed by atoms with E-state index < -0.39 is 35.7 Å². The first-order valence-corrected chi connectivity index (χ1v) is 8.74. The molecule has 2 aromatic carbocycles. The Morgan fingerprint density at radius 2 is 1.17 bits per heavy atom. The van der Waals surface area contributed by atoms with Crippen molar-refractivity contribution in [1.29, 1.82) is 0 Å². The summed E-state index contributed by atoms with van der Waals surface area (Å²) in [6.07, 6.45) is -0.760. The average Bonchev–Trinajstić information content (AvgIpc) is 2.77. The van der Waals surface area contributed by atoms with Crippen molar-refractivity contribution < 1.29 is 38.1 Å². The Balaban J connectivity index is 2.51. The number of hydrogen-bond donors (Lipinski definition) is 0. The van der Waals surface area contributed by atoms with Gasteiger partial charge in [-0.2, -0.15) is 0 Å². The molecule has 0 N–H and O–H groups in total. The topological polar surface area (TPSA) is 105 Å². The van der Waals surface area contributed by atoms with E-state index in [4.69, 9.17) is 14.2 Å². The molecule has 0 aromatic heterocycles. The molecule has 0 aliphatic heterocycles. The number of carbonyl (C=O) groups is 4. The van der Waals surface area contributed by atoms with Crippen molar-refractivity contribution in [1.82, 2.24) is 0 Å². The zero-order valence-corrected chi connectivity index (χ0v) is 16.5. The fraction of sp³-hybridized carbons (Fsp3) is 0.182. The molecular weight excluding hydrogens is 392 g/mol. The van der Waals surface area contributed by atoms with Gasteiger partial charge in [-0.1, -0.05) is 43.0 Å². The molecule has 0 saturated carbocycles. The predicted octanol–water partition coefficient (Wildman–Crippen LogP) is 2.48. The summed E-state index contributed by atoms with van der Waals surface area (Å²) < 4.78 is 19.8. The molecule has 156 valence electrons. The van der Waals surface area contributed by atoms with Crippen molar-refractivity contribution in [3.63, 3.8) is 0 Å². The SMILES string of the molecule is C=C(CC(C(=O)OC)(C(=O)Oc1ccccc1)C(=O)Oc1ccccc1)C(=O)OC. The second-order valence-corrected chi connectivity index (χ2v) is 6.07. The number of esters is 4. The Kier molecular flexibility index (Phi) is 7.46. The van der Waals surface area contributed by atoms with Crippen LogP contribution in [0.15, 0.2) is 72.8 Å². The Morgan fingerprint density at radius 1 is 0.733 bits per heavy atom. The number of para-hydroxylation sites is 2. The van der Waals surface area contributed by atoms with E-state index in [0.717, 1.165) is 14.2 Å². The maximum Gasteiger partial charge on any atom is 0.340 e. The van der Waals surface area contributed by atoms with Gasteiger partial charge >= 0.3 is 23.9 Å². The van der Waals surface area contributed by atoms with Crippen LogP contribution in [-0.2, 0) is 28.7 Å². The molecule has 0 heterocycles. The van der Waals surface area contributed by atoms with Crippen LogP contribution >= 0.6 is 0 Å². The molecule has 2 aromatic rings. The van der Waals surface area contributed by atoms with E-state index in [-0.39, 0.29) is 17.1 Å². The van der Waals surface area contributed by atoms with E-state index in [1.165, 1.54) is 24.3 Å². The lowest BCUT2D eigenvalue weighted by molar-refractivity contribution is -0.174. The van der Waals surface area contributed by atoms with Gasteiger partial charge in [-0.25, -0.2) is 14.4 Å². The van der Waals surface area contributed by atoms with Crippen molar-refractivity contribution in [2.45, 2.75) is 6.42 Å². The van der Waals surface area contributed by atoms with Crippen LogP contribution in [0.4, 0.5) is 0 Å². The van der Waals surface area contributed by atoms with Crippen molar-refractivity contribution in [2.75, 3.05) is 14.2 Å². The summed E-state index contributed by atoms with van der Waals surface area (Å²) in [5, 5.41) is 0. The molecular formula is C22H20O8. The van der Waals surface area contributed by atoms with Crippen LogP contribution < -0.4 is 9.47 Å². The maximum atomic E-state index is 13.1. The monoisotopic (exact) mass is 412 g/mol. The number of methoxy groups -OCH3 is 2. The van der Waals surface area contributed by atoms with Gasteiger partial charge in [0.2, 0.25) is 0 Å². The van der Waals surface area contributed by atoms with E-state index in [1.807, 2.05) is 0 Å². The molecule has 0 unspecified atom stereocenters. The van der Waals surface area contributed by atoms with Crippen molar-refractivity contribution >= 4 is 23.9 Å². The van der Waals surface area contributed by atoms with Crippen molar-refractivity contribution in [3.8, 4) is 11.5 Å². The van der Waals surface area contributed by atoms with E-state index in [0.29, 0.717) is 0 Å². The number of ether oxygens (including phenoxy) is 4. The fourth-order valence-electron chi connectivity index (χ4n) is 2.54. The molecule has 0 amide bonds. The van der Waals surface area contributed by atoms with Gasteiger partial charge in [-0.3, -0.25) is 4.79 Å². The maximum absolute atomic E-state index is 13.1. The van der Waals surface area contributed by atoms with Crippen LogP contribution in [0.25, 0.3) is 0 Å². The normalized spacial score (nSPS) is 10.5. The highest BCUT2D eigenvalue weighted by Gasteiger charge is 2.58. The number of rotatable bonds is 8. The third kappa shape index (κ3) is 4.91. The van der Waals surface area contributed by atoms with Gasteiger partial charge < -0.3 is 18.9 Å². The summed E-state index contributed by atoms with van der Waals surface area (Å²) in [5.41, 5.74) is -2.97. The van der Waals surface area contributed by atoms with Crippen LogP contribution in [0.1, 0.15) is 6.42 Å². The summed E-state index contributed by atoms with van der Waals surface area (Å²) in [6, 6.07) is 15.6. The second kappa shape index (κ2) is 10.0. The van der Waals surface area contributed by atoms with Gasteiger partial charge in [0, 0.05) is 12.0 Å². The molecule has 0 aliphatic carbocycles. The number of benzene rings is 2. The molecule has 8 heteroatoms. The Morgan fingerprint density at radius 3 is 1.53 bits per heavy atom. The molecule has 0 radical (unpaired) electrons. The summed E-state index contributed by atoms with van der Waals surface area (Å²) >= 11 is 0. The molecule has 2 rings (SSSR count). The molecule has 0 saturated heterocycles. The highest BCUT2D eigenvalue weighted by molar-refractivity contribution is 6.19. The van der Waals surface area contributed by atoms with Gasteiger partial charge in [0.05, 0.1) is 14.2 Å². The molecule has 30 heavy (non-hydrogen) atoms. The van der Waals surface area contributed by atoms with Crippen LogP contribution in [0.5, 0.6) is 11.5 Å². The molecule has 0 atom stereocenters. The van der Waals surface area contributed by atoms with E-state index in [9.17, 15) is 19.2 Å². The van der Waals surface area contributed by atoms with Crippen molar-refractivity contribution in [2.24, 2.45) is 5.41 Å². The lowest BCUT2D eigenvalue weighted by Crippen LogP contribution is -2.52. The lowest BCUT2D eigenvalue weighted by Gasteiger charge is -2.26. The number of hydrogen-bond acceptors (Lipinski definition) is 8. The minimum atomic E-state index is -2.65. The molecule has 0 fully saturated rings. The third-order valence-electron chi connectivity index (χ3n) is 4.09. The molecule has 0 aliphatic rings. The first kappa shape index (κ1) is 22.4. The van der Waals surface area contributed by atoms with Gasteiger partial charge in [0.25, 0.3) is 5.41 Å². The lowest BCUT2D eigenvalue weighted by atomic mass is 9.81. The predicted molar refractivity (Wildman–Crippen MR) is 104 cm³/mol. The highest BCUT2D eigenvalue weighted by atomic mass is 16.6. The van der Waals surface area contributed by atoms with E-state index in [2.05, 4.69) is 11.3 Å². The van der Waals surface area contributed by atoms with E-state index in [1.54, 1.807) is 36.4 Å². The smallest absolute Gasteiger partial charge is 0.340 e.